The maximum atomic E-state index is 14.1. The number of pyridine rings is 1. The standard InChI is InChI=1S/C32H34N2O5/c1-19-29(32(36)39-22-11-14-38-15-12-22)30(25-8-5-6-20-18-33-13-10-23(20)25)31-26(34-19)16-21(17-27(31)35)24-7-3-4-9-28(24)37-2/h3-10,13,18,21-22,26,30-31,34H,11-12,14-17H2,1-2H3/t21-,26?,30+,31?/m1/s1. The molecular formula is C32H34N2O5. The molecule has 6 rings (SSSR count). The van der Waals surface area contributed by atoms with Crippen molar-refractivity contribution in [3.8, 4) is 5.75 Å². The zero-order chi connectivity index (χ0) is 26.9. The van der Waals surface area contributed by atoms with Crippen molar-refractivity contribution in [1.29, 1.82) is 0 Å². The number of para-hydroxylation sites is 1. The van der Waals surface area contributed by atoms with Crippen LogP contribution >= 0.6 is 0 Å². The van der Waals surface area contributed by atoms with E-state index in [1.807, 2.05) is 55.6 Å². The molecule has 202 valence electrons. The summed E-state index contributed by atoms with van der Waals surface area (Å²) in [5, 5.41) is 5.57. The fourth-order valence-electron chi connectivity index (χ4n) is 6.77. The largest absolute Gasteiger partial charge is 0.496 e. The highest BCUT2D eigenvalue weighted by atomic mass is 16.6. The summed E-state index contributed by atoms with van der Waals surface area (Å²) in [6.07, 6.45) is 5.93. The number of nitrogens with zero attached hydrogens (tertiary/aromatic N) is 1. The smallest absolute Gasteiger partial charge is 0.336 e. The number of benzene rings is 2. The molecule has 1 aliphatic carbocycles. The van der Waals surface area contributed by atoms with Crippen LogP contribution in [0.5, 0.6) is 5.75 Å². The monoisotopic (exact) mass is 526 g/mol. The number of ketones is 1. The van der Waals surface area contributed by atoms with Gasteiger partial charge in [0.25, 0.3) is 0 Å². The molecular weight excluding hydrogens is 492 g/mol. The third-order valence-corrected chi connectivity index (χ3v) is 8.56. The molecule has 1 N–H and O–H groups in total. The lowest BCUT2D eigenvalue weighted by Crippen LogP contribution is -2.52. The van der Waals surface area contributed by atoms with Crippen LogP contribution in [0.25, 0.3) is 10.8 Å². The first-order valence-electron chi connectivity index (χ1n) is 13.8. The highest BCUT2D eigenvalue weighted by molar-refractivity contribution is 5.97. The molecule has 0 radical (unpaired) electrons. The number of fused-ring (bicyclic) bond motifs is 2. The highest BCUT2D eigenvalue weighted by Gasteiger charge is 2.49. The molecule has 4 atom stereocenters. The second-order valence-corrected chi connectivity index (χ2v) is 10.8. The van der Waals surface area contributed by atoms with Crippen molar-refractivity contribution in [2.45, 2.75) is 56.6 Å². The first kappa shape index (κ1) is 25.6. The number of aromatic nitrogens is 1. The molecule has 3 aromatic rings. The van der Waals surface area contributed by atoms with Crippen molar-refractivity contribution >= 4 is 22.5 Å². The first-order valence-corrected chi connectivity index (χ1v) is 13.8. The molecule has 3 aliphatic rings. The summed E-state index contributed by atoms with van der Waals surface area (Å²) >= 11 is 0. The predicted octanol–water partition coefficient (Wildman–Crippen LogP) is 5.06. The molecule has 7 nitrogen and oxygen atoms in total. The number of hydrogen-bond donors (Lipinski definition) is 1. The van der Waals surface area contributed by atoms with E-state index in [0.29, 0.717) is 38.0 Å². The van der Waals surface area contributed by atoms with E-state index in [-0.39, 0.29) is 29.8 Å². The van der Waals surface area contributed by atoms with E-state index >= 15 is 0 Å². The van der Waals surface area contributed by atoms with Gasteiger partial charge in [-0.05, 0) is 47.9 Å². The van der Waals surface area contributed by atoms with Crippen LogP contribution in [0.15, 0.2) is 72.2 Å². The minimum Gasteiger partial charge on any atom is -0.496 e. The van der Waals surface area contributed by atoms with Crippen LogP contribution < -0.4 is 10.1 Å². The summed E-state index contributed by atoms with van der Waals surface area (Å²) in [5.74, 6) is -0.175. The van der Waals surface area contributed by atoms with E-state index < -0.39 is 11.8 Å². The van der Waals surface area contributed by atoms with Crippen LogP contribution in [0.3, 0.4) is 0 Å². The number of methoxy groups -OCH3 is 1. The van der Waals surface area contributed by atoms with Crippen LogP contribution in [-0.2, 0) is 19.1 Å². The van der Waals surface area contributed by atoms with Gasteiger partial charge in [-0.25, -0.2) is 4.79 Å². The Bertz CT molecular complexity index is 1420. The van der Waals surface area contributed by atoms with Gasteiger partial charge in [-0.15, -0.1) is 0 Å². The Hall–Kier alpha value is -3.71. The fraction of sp³-hybridized carbons (Fsp3) is 0.406. The zero-order valence-electron chi connectivity index (χ0n) is 22.4. The lowest BCUT2D eigenvalue weighted by molar-refractivity contribution is -0.149. The third-order valence-electron chi connectivity index (χ3n) is 8.56. The Balaban J connectivity index is 1.42. The Morgan fingerprint density at radius 2 is 1.85 bits per heavy atom. The summed E-state index contributed by atoms with van der Waals surface area (Å²) in [7, 11) is 1.67. The normalized spacial score (nSPS) is 25.6. The zero-order valence-corrected chi connectivity index (χ0v) is 22.4. The Morgan fingerprint density at radius 1 is 1.05 bits per heavy atom. The Morgan fingerprint density at radius 3 is 2.67 bits per heavy atom. The summed E-state index contributed by atoms with van der Waals surface area (Å²) in [4.78, 5) is 32.3. The van der Waals surface area contributed by atoms with E-state index in [1.54, 1.807) is 13.3 Å². The molecule has 1 saturated carbocycles. The number of hydrogen-bond acceptors (Lipinski definition) is 7. The maximum absolute atomic E-state index is 14.1. The average Bonchev–Trinajstić information content (AvgIpc) is 2.96. The predicted molar refractivity (Wildman–Crippen MR) is 148 cm³/mol. The number of allylic oxidation sites excluding steroid dienone is 1. The molecule has 3 heterocycles. The first-order chi connectivity index (χ1) is 19.0. The lowest BCUT2D eigenvalue weighted by atomic mass is 9.64. The SMILES string of the molecule is COc1ccccc1[C@H]1CC(=O)C2C(C1)NC(C)=C(C(=O)OC1CCOCC1)[C@@H]2c1cccc2cnccc12. The van der Waals surface area contributed by atoms with Gasteiger partial charge in [-0.2, -0.15) is 0 Å². The molecule has 2 unspecified atom stereocenters. The molecule has 2 aromatic carbocycles. The molecule has 2 aliphatic heterocycles. The Kier molecular flexibility index (Phi) is 7.09. The molecule has 2 fully saturated rings. The van der Waals surface area contributed by atoms with Crippen LogP contribution in [0.4, 0.5) is 0 Å². The number of ether oxygens (including phenoxy) is 3. The number of nitrogens with one attached hydrogen (secondary N) is 1. The summed E-state index contributed by atoms with van der Waals surface area (Å²) in [6.45, 7) is 3.11. The maximum Gasteiger partial charge on any atom is 0.336 e. The van der Waals surface area contributed by atoms with E-state index in [9.17, 15) is 9.59 Å². The van der Waals surface area contributed by atoms with Gasteiger partial charge in [0, 0.05) is 60.6 Å². The van der Waals surface area contributed by atoms with E-state index in [0.717, 1.165) is 39.8 Å². The Labute approximate surface area is 228 Å². The summed E-state index contributed by atoms with van der Waals surface area (Å²) < 4.78 is 17.1. The van der Waals surface area contributed by atoms with Crippen molar-refractivity contribution in [2.75, 3.05) is 20.3 Å². The van der Waals surface area contributed by atoms with Crippen molar-refractivity contribution in [3.05, 3.63) is 83.3 Å². The topological polar surface area (TPSA) is 86.8 Å². The summed E-state index contributed by atoms with van der Waals surface area (Å²) in [5.41, 5.74) is 3.34. The fourth-order valence-corrected chi connectivity index (χ4v) is 6.77. The van der Waals surface area contributed by atoms with Gasteiger partial charge < -0.3 is 19.5 Å². The minimum absolute atomic E-state index is 0.0308. The molecule has 39 heavy (non-hydrogen) atoms. The second kappa shape index (κ2) is 10.8. The van der Waals surface area contributed by atoms with Crippen LogP contribution in [0.1, 0.15) is 55.6 Å². The van der Waals surface area contributed by atoms with Gasteiger partial charge in [0.1, 0.15) is 17.6 Å². The number of carbonyl (C=O) groups excluding carboxylic acids is 2. The van der Waals surface area contributed by atoms with E-state index in [2.05, 4.69) is 16.4 Å². The van der Waals surface area contributed by atoms with Gasteiger partial charge >= 0.3 is 5.97 Å². The number of esters is 1. The van der Waals surface area contributed by atoms with Gasteiger partial charge in [0.05, 0.1) is 25.9 Å². The number of rotatable bonds is 5. The quantitative estimate of drug-likeness (QED) is 0.465. The number of Topliss-reactive ketones (excluding diaryl/α,β-unsaturated/α-hetero) is 1. The van der Waals surface area contributed by atoms with Crippen molar-refractivity contribution in [1.82, 2.24) is 10.3 Å². The van der Waals surface area contributed by atoms with Crippen LogP contribution in [0.2, 0.25) is 0 Å². The minimum atomic E-state index is -0.416. The number of carbonyl (C=O) groups is 2. The highest BCUT2D eigenvalue weighted by Crippen LogP contribution is 2.49. The molecule has 7 heteroatoms. The van der Waals surface area contributed by atoms with E-state index in [1.165, 1.54) is 0 Å². The molecule has 1 aromatic heterocycles. The molecule has 0 bridgehead atoms. The van der Waals surface area contributed by atoms with Gasteiger partial charge in [-0.3, -0.25) is 9.78 Å². The van der Waals surface area contributed by atoms with Gasteiger partial charge in [-0.1, -0.05) is 36.4 Å². The molecule has 1 saturated heterocycles. The molecule has 0 amide bonds. The van der Waals surface area contributed by atoms with Crippen molar-refractivity contribution in [3.63, 3.8) is 0 Å². The van der Waals surface area contributed by atoms with Crippen molar-refractivity contribution in [2.24, 2.45) is 5.92 Å². The van der Waals surface area contributed by atoms with Gasteiger partial charge in [0.2, 0.25) is 0 Å². The molecule has 0 spiro atoms. The average molecular weight is 527 g/mol. The third kappa shape index (κ3) is 4.80. The van der Waals surface area contributed by atoms with Gasteiger partial charge in [0.15, 0.2) is 0 Å². The lowest BCUT2D eigenvalue weighted by Gasteiger charge is -2.45. The van der Waals surface area contributed by atoms with Crippen LogP contribution in [-0.4, -0.2) is 49.2 Å². The van der Waals surface area contributed by atoms with E-state index in [4.69, 9.17) is 14.2 Å². The summed E-state index contributed by atoms with van der Waals surface area (Å²) in [6, 6.07) is 15.8. The van der Waals surface area contributed by atoms with Crippen molar-refractivity contribution < 1.29 is 23.8 Å². The van der Waals surface area contributed by atoms with Crippen LogP contribution in [0, 0.1) is 5.92 Å². The second-order valence-electron chi connectivity index (χ2n) is 10.8.